The lowest BCUT2D eigenvalue weighted by Crippen LogP contribution is -2.47. The smallest absolute Gasteiger partial charge is 0.224 e. The van der Waals surface area contributed by atoms with Crippen LogP contribution in [0.25, 0.3) is 0 Å². The second-order valence-corrected chi connectivity index (χ2v) is 6.87. The van der Waals surface area contributed by atoms with Crippen LogP contribution in [-0.4, -0.2) is 68.2 Å². The maximum Gasteiger partial charge on any atom is 0.224 e. The molecule has 1 aromatic heterocycles. The molecule has 6 nitrogen and oxygen atoms in total. The fourth-order valence-electron chi connectivity index (χ4n) is 3.03. The number of piperazine rings is 1. The largest absolute Gasteiger partial charge is 0.368 e. The molecular weight excluding hydrogens is 331 g/mol. The molecule has 0 saturated carbocycles. The van der Waals surface area contributed by atoms with Crippen LogP contribution in [0.15, 0.2) is 30.3 Å². The number of rotatable bonds is 6. The minimum absolute atomic E-state index is 0.196. The first-order chi connectivity index (χ1) is 12.5. The van der Waals surface area contributed by atoms with Crippen molar-refractivity contribution in [1.82, 2.24) is 14.9 Å². The Morgan fingerprint density at radius 2 is 1.69 bits per heavy atom. The molecule has 1 aliphatic rings. The van der Waals surface area contributed by atoms with Crippen molar-refractivity contribution in [2.75, 3.05) is 68.5 Å². The van der Waals surface area contributed by atoms with Gasteiger partial charge in [0.05, 0.1) is 0 Å². The second kappa shape index (κ2) is 8.31. The predicted molar refractivity (Wildman–Crippen MR) is 105 cm³/mol. The number of nitrogens with zero attached hydrogens (tertiary/aromatic N) is 5. The first-order valence-corrected chi connectivity index (χ1v) is 9.01. The maximum atomic E-state index is 13.1. The topological polar surface area (TPSA) is 47.5 Å². The summed E-state index contributed by atoms with van der Waals surface area (Å²) in [6.45, 7) is 7.28. The van der Waals surface area contributed by atoms with Gasteiger partial charge in [-0.25, -0.2) is 9.37 Å². The van der Waals surface area contributed by atoms with Gasteiger partial charge in [0, 0.05) is 56.7 Å². The lowest BCUT2D eigenvalue weighted by Gasteiger charge is -2.36. The van der Waals surface area contributed by atoms with Crippen molar-refractivity contribution in [3.05, 3.63) is 41.8 Å². The summed E-state index contributed by atoms with van der Waals surface area (Å²) in [6, 6.07) is 8.74. The van der Waals surface area contributed by atoms with Crippen molar-refractivity contribution in [2.24, 2.45) is 0 Å². The predicted octanol–water partition coefficient (Wildman–Crippen LogP) is 2.22. The van der Waals surface area contributed by atoms with Crippen LogP contribution in [0.5, 0.6) is 0 Å². The molecular formula is C19H27FN6. The van der Waals surface area contributed by atoms with Crippen LogP contribution in [0.2, 0.25) is 0 Å². The van der Waals surface area contributed by atoms with Crippen molar-refractivity contribution < 1.29 is 4.39 Å². The number of benzene rings is 1. The number of likely N-dealkylation sites (N-methyl/N-ethyl adjacent to an activating group) is 1. The summed E-state index contributed by atoms with van der Waals surface area (Å²) in [7, 11) is 4.09. The van der Waals surface area contributed by atoms with Crippen LogP contribution >= 0.6 is 0 Å². The van der Waals surface area contributed by atoms with E-state index >= 15 is 0 Å². The van der Waals surface area contributed by atoms with Crippen molar-refractivity contribution in [3.63, 3.8) is 0 Å². The van der Waals surface area contributed by atoms with E-state index in [-0.39, 0.29) is 5.82 Å². The van der Waals surface area contributed by atoms with Gasteiger partial charge >= 0.3 is 0 Å². The summed E-state index contributed by atoms with van der Waals surface area (Å²) in [4.78, 5) is 15.8. The summed E-state index contributed by atoms with van der Waals surface area (Å²) in [6.07, 6.45) is 0. The number of anilines is 3. The summed E-state index contributed by atoms with van der Waals surface area (Å²) in [5, 5.41) is 3.30. The van der Waals surface area contributed by atoms with Gasteiger partial charge in [-0.3, -0.25) is 0 Å². The van der Waals surface area contributed by atoms with E-state index in [2.05, 4.69) is 30.0 Å². The maximum absolute atomic E-state index is 13.1. The van der Waals surface area contributed by atoms with Crippen LogP contribution < -0.4 is 15.1 Å². The van der Waals surface area contributed by atoms with Crippen molar-refractivity contribution >= 4 is 17.5 Å². The third kappa shape index (κ3) is 4.82. The number of halogens is 1. The number of aryl methyl sites for hydroxylation is 1. The monoisotopic (exact) mass is 358 g/mol. The lowest BCUT2D eigenvalue weighted by atomic mass is 10.2. The molecule has 0 radical (unpaired) electrons. The molecule has 7 heteroatoms. The van der Waals surface area contributed by atoms with E-state index in [4.69, 9.17) is 0 Å². The Labute approximate surface area is 154 Å². The first kappa shape index (κ1) is 18.4. The molecule has 0 unspecified atom stereocenters. The van der Waals surface area contributed by atoms with E-state index in [1.807, 2.05) is 39.2 Å². The van der Waals surface area contributed by atoms with E-state index in [1.54, 1.807) is 0 Å². The summed E-state index contributed by atoms with van der Waals surface area (Å²) >= 11 is 0. The molecule has 0 atom stereocenters. The van der Waals surface area contributed by atoms with Crippen LogP contribution in [0.4, 0.5) is 21.8 Å². The van der Waals surface area contributed by atoms with Gasteiger partial charge < -0.3 is 20.0 Å². The average molecular weight is 358 g/mol. The molecule has 2 aromatic rings. The molecule has 1 aliphatic heterocycles. The van der Waals surface area contributed by atoms with E-state index < -0.39 is 0 Å². The Balaban J connectivity index is 1.61. The molecule has 1 saturated heterocycles. The zero-order chi connectivity index (χ0) is 18.5. The molecule has 1 fully saturated rings. The van der Waals surface area contributed by atoms with Gasteiger partial charge in [0.2, 0.25) is 5.95 Å². The SMILES string of the molecule is Cc1cc(N2CCN(c3ccc(F)cc3)CC2)nc(NCCN(C)C)n1. The Morgan fingerprint density at radius 3 is 2.35 bits per heavy atom. The fourth-order valence-corrected chi connectivity index (χ4v) is 3.03. The molecule has 1 aromatic carbocycles. The van der Waals surface area contributed by atoms with Gasteiger partial charge in [-0.15, -0.1) is 0 Å². The van der Waals surface area contributed by atoms with Crippen LogP contribution in [0.1, 0.15) is 5.69 Å². The van der Waals surface area contributed by atoms with E-state index in [9.17, 15) is 4.39 Å². The van der Waals surface area contributed by atoms with Gasteiger partial charge in [0.15, 0.2) is 0 Å². The molecule has 2 heterocycles. The van der Waals surface area contributed by atoms with Gasteiger partial charge in [-0.1, -0.05) is 0 Å². The third-order valence-electron chi connectivity index (χ3n) is 4.48. The van der Waals surface area contributed by atoms with Crippen molar-refractivity contribution in [1.29, 1.82) is 0 Å². The second-order valence-electron chi connectivity index (χ2n) is 6.87. The van der Waals surface area contributed by atoms with Gasteiger partial charge in [0.25, 0.3) is 0 Å². The van der Waals surface area contributed by atoms with Gasteiger partial charge in [-0.2, -0.15) is 4.98 Å². The Hall–Kier alpha value is -2.41. The van der Waals surface area contributed by atoms with Gasteiger partial charge in [-0.05, 0) is 45.3 Å². The summed E-state index contributed by atoms with van der Waals surface area (Å²) in [5.41, 5.74) is 2.03. The minimum Gasteiger partial charge on any atom is -0.368 e. The molecule has 1 N–H and O–H groups in total. The molecule has 3 rings (SSSR count). The third-order valence-corrected chi connectivity index (χ3v) is 4.48. The molecule has 26 heavy (non-hydrogen) atoms. The highest BCUT2D eigenvalue weighted by molar-refractivity contribution is 5.50. The minimum atomic E-state index is -0.196. The molecule has 0 spiro atoms. The highest BCUT2D eigenvalue weighted by atomic mass is 19.1. The van der Waals surface area contributed by atoms with E-state index in [0.29, 0.717) is 5.95 Å². The van der Waals surface area contributed by atoms with Crippen LogP contribution in [0.3, 0.4) is 0 Å². The van der Waals surface area contributed by atoms with Crippen LogP contribution in [-0.2, 0) is 0 Å². The summed E-state index contributed by atoms with van der Waals surface area (Å²) < 4.78 is 13.1. The standard InChI is InChI=1S/C19H27FN6/c1-15-14-18(23-19(22-15)21-8-9-24(2)3)26-12-10-25(11-13-26)17-6-4-16(20)5-7-17/h4-7,14H,8-13H2,1-3H3,(H,21,22,23). The number of hydrogen-bond acceptors (Lipinski definition) is 6. The fraction of sp³-hybridized carbons (Fsp3) is 0.474. The van der Waals surface area contributed by atoms with Crippen LogP contribution in [0, 0.1) is 12.7 Å². The number of nitrogens with one attached hydrogen (secondary N) is 1. The number of hydrogen-bond donors (Lipinski definition) is 1. The van der Waals surface area contributed by atoms with E-state index in [1.165, 1.54) is 12.1 Å². The van der Waals surface area contributed by atoms with Gasteiger partial charge in [0.1, 0.15) is 11.6 Å². The van der Waals surface area contributed by atoms with E-state index in [0.717, 1.165) is 56.5 Å². The average Bonchev–Trinajstić information content (AvgIpc) is 2.62. The zero-order valence-corrected chi connectivity index (χ0v) is 15.7. The highest BCUT2D eigenvalue weighted by Gasteiger charge is 2.19. The lowest BCUT2D eigenvalue weighted by molar-refractivity contribution is 0.425. The molecule has 140 valence electrons. The van der Waals surface area contributed by atoms with Crippen molar-refractivity contribution in [3.8, 4) is 0 Å². The van der Waals surface area contributed by atoms with Crippen molar-refractivity contribution in [2.45, 2.75) is 6.92 Å². The zero-order valence-electron chi connectivity index (χ0n) is 15.7. The summed E-state index contributed by atoms with van der Waals surface area (Å²) in [5.74, 6) is 1.45. The highest BCUT2D eigenvalue weighted by Crippen LogP contribution is 2.21. The Morgan fingerprint density at radius 1 is 1.04 bits per heavy atom. The normalized spacial score (nSPS) is 14.8. The quantitative estimate of drug-likeness (QED) is 0.855. The molecule has 0 aliphatic carbocycles. The number of aromatic nitrogens is 2. The molecule has 0 bridgehead atoms. The first-order valence-electron chi connectivity index (χ1n) is 9.01. The Bertz CT molecular complexity index is 710. The Kier molecular flexibility index (Phi) is 5.88. The molecule has 0 amide bonds.